The average molecular weight is 661 g/mol. The van der Waals surface area contributed by atoms with E-state index in [4.69, 9.17) is 4.99 Å². The Labute approximate surface area is 294 Å². The SMILES string of the molecule is c1ccc(C2N=C(n3c4ccccc4c4ccc(-c5cccc(-c6cccc7c6sc6ccccc67)c5)cc43)NC(c3ccccc3)N2)cc1. The summed E-state index contributed by atoms with van der Waals surface area (Å²) < 4.78 is 4.96. The Morgan fingerprint density at radius 2 is 1.16 bits per heavy atom. The fourth-order valence-electron chi connectivity index (χ4n) is 7.50. The summed E-state index contributed by atoms with van der Waals surface area (Å²) in [4.78, 5) is 5.33. The van der Waals surface area contributed by atoms with Gasteiger partial charge in [0.1, 0.15) is 12.3 Å². The molecule has 238 valence electrons. The predicted molar refractivity (Wildman–Crippen MR) is 211 cm³/mol. The van der Waals surface area contributed by atoms with E-state index in [0.29, 0.717) is 0 Å². The van der Waals surface area contributed by atoms with Gasteiger partial charge in [0.05, 0.1) is 11.0 Å². The number of thiophene rings is 1. The molecule has 1 aliphatic rings. The molecule has 7 aromatic carbocycles. The summed E-state index contributed by atoms with van der Waals surface area (Å²) in [6.07, 6.45) is -0.341. The average Bonchev–Trinajstić information content (AvgIpc) is 3.74. The standard InChI is InChI=1S/C45H32N4S/c1-3-13-29(14-4-1)43-46-44(30-15-5-2-6-16-30)48-45(47-43)49-39-23-9-7-19-35(39)36-26-25-32(28-40(36)49)31-17-11-18-33(27-31)34-21-12-22-38-37-20-8-10-24-41(37)50-42(34)38/h1-28,43-44,46H,(H,47,48). The third-order valence-electron chi connectivity index (χ3n) is 9.89. The first kappa shape index (κ1) is 29.0. The molecule has 0 spiro atoms. The van der Waals surface area contributed by atoms with Crippen molar-refractivity contribution in [1.29, 1.82) is 0 Å². The summed E-state index contributed by atoms with van der Waals surface area (Å²) >= 11 is 1.88. The van der Waals surface area contributed by atoms with Gasteiger partial charge in [-0.2, -0.15) is 0 Å². The zero-order valence-electron chi connectivity index (χ0n) is 27.1. The zero-order chi connectivity index (χ0) is 33.0. The lowest BCUT2D eigenvalue weighted by molar-refractivity contribution is 0.403. The first-order valence-electron chi connectivity index (χ1n) is 17.0. The minimum atomic E-state index is -0.217. The van der Waals surface area contributed by atoms with E-state index in [1.54, 1.807) is 0 Å². The van der Waals surface area contributed by atoms with Crippen LogP contribution in [0.4, 0.5) is 0 Å². The van der Waals surface area contributed by atoms with Crippen LogP contribution in [0.2, 0.25) is 0 Å². The van der Waals surface area contributed by atoms with Gasteiger partial charge < -0.3 is 5.32 Å². The zero-order valence-corrected chi connectivity index (χ0v) is 27.9. The second kappa shape index (κ2) is 11.8. The van der Waals surface area contributed by atoms with Crippen LogP contribution in [0.15, 0.2) is 175 Å². The second-order valence-electron chi connectivity index (χ2n) is 12.9. The number of nitrogens with zero attached hydrogens (tertiary/aromatic N) is 2. The smallest absolute Gasteiger partial charge is 0.206 e. The number of aliphatic imine (C=N–C) groups is 1. The van der Waals surface area contributed by atoms with Crippen LogP contribution in [0.1, 0.15) is 23.5 Å². The Kier molecular flexibility index (Phi) is 6.86. The van der Waals surface area contributed by atoms with Gasteiger partial charge in [-0.3, -0.25) is 9.88 Å². The summed E-state index contributed by atoms with van der Waals surface area (Å²) in [5, 5.41) is 12.6. The number of aromatic nitrogens is 1. The molecule has 0 aliphatic carbocycles. The normalized spacial score (nSPS) is 16.2. The quantitative estimate of drug-likeness (QED) is 0.197. The topological polar surface area (TPSA) is 41.4 Å². The van der Waals surface area contributed by atoms with E-state index in [2.05, 4.69) is 185 Å². The van der Waals surface area contributed by atoms with E-state index < -0.39 is 0 Å². The Morgan fingerprint density at radius 3 is 2.02 bits per heavy atom. The van der Waals surface area contributed by atoms with Crippen LogP contribution in [0.3, 0.4) is 0 Å². The molecule has 4 nitrogen and oxygen atoms in total. The highest BCUT2D eigenvalue weighted by molar-refractivity contribution is 7.26. The van der Waals surface area contributed by atoms with Gasteiger partial charge in [0.25, 0.3) is 0 Å². The van der Waals surface area contributed by atoms with Crippen LogP contribution in [0, 0.1) is 0 Å². The maximum Gasteiger partial charge on any atom is 0.206 e. The van der Waals surface area contributed by atoms with Crippen LogP contribution in [-0.4, -0.2) is 10.5 Å². The molecule has 2 atom stereocenters. The fraction of sp³-hybridized carbons (Fsp3) is 0.0444. The van der Waals surface area contributed by atoms with Crippen molar-refractivity contribution in [3.05, 3.63) is 181 Å². The first-order chi connectivity index (χ1) is 24.8. The number of hydrogen-bond donors (Lipinski definition) is 2. The monoisotopic (exact) mass is 660 g/mol. The minimum absolute atomic E-state index is 0.124. The third kappa shape index (κ3) is 4.82. The van der Waals surface area contributed by atoms with Crippen molar-refractivity contribution in [2.45, 2.75) is 12.3 Å². The lowest BCUT2D eigenvalue weighted by atomic mass is 9.97. The molecule has 5 heteroatoms. The second-order valence-corrected chi connectivity index (χ2v) is 13.9. The van der Waals surface area contributed by atoms with Crippen molar-refractivity contribution >= 4 is 59.3 Å². The van der Waals surface area contributed by atoms with Crippen molar-refractivity contribution in [2.75, 3.05) is 0 Å². The molecule has 10 rings (SSSR count). The van der Waals surface area contributed by atoms with Crippen molar-refractivity contribution in [1.82, 2.24) is 15.2 Å². The van der Waals surface area contributed by atoms with Gasteiger partial charge >= 0.3 is 0 Å². The summed E-state index contributed by atoms with van der Waals surface area (Å²) in [5.41, 5.74) is 9.37. The Morgan fingerprint density at radius 1 is 0.500 bits per heavy atom. The van der Waals surface area contributed by atoms with E-state index >= 15 is 0 Å². The molecule has 3 heterocycles. The summed E-state index contributed by atoms with van der Waals surface area (Å²) in [6.45, 7) is 0. The Hall–Kier alpha value is -6.01. The van der Waals surface area contributed by atoms with Crippen LogP contribution in [-0.2, 0) is 0 Å². The Balaban J connectivity index is 1.13. The van der Waals surface area contributed by atoms with Crippen molar-refractivity contribution in [2.24, 2.45) is 4.99 Å². The highest BCUT2D eigenvalue weighted by atomic mass is 32.1. The number of rotatable bonds is 4. The minimum Gasteiger partial charge on any atom is -0.336 e. The molecular weight excluding hydrogens is 629 g/mol. The van der Waals surface area contributed by atoms with Crippen molar-refractivity contribution in [3.8, 4) is 22.3 Å². The number of fused-ring (bicyclic) bond motifs is 6. The number of nitrogens with one attached hydrogen (secondary N) is 2. The summed E-state index contributed by atoms with van der Waals surface area (Å²) in [6, 6.07) is 60.9. The van der Waals surface area contributed by atoms with Gasteiger partial charge in [0, 0.05) is 30.9 Å². The van der Waals surface area contributed by atoms with Crippen molar-refractivity contribution < 1.29 is 0 Å². The third-order valence-corrected chi connectivity index (χ3v) is 11.1. The highest BCUT2D eigenvalue weighted by Crippen LogP contribution is 2.41. The lowest BCUT2D eigenvalue weighted by Gasteiger charge is -2.32. The first-order valence-corrected chi connectivity index (χ1v) is 17.9. The number of benzene rings is 7. The highest BCUT2D eigenvalue weighted by Gasteiger charge is 2.27. The van der Waals surface area contributed by atoms with Crippen molar-refractivity contribution in [3.63, 3.8) is 0 Å². The molecule has 0 amide bonds. The largest absolute Gasteiger partial charge is 0.336 e. The van der Waals surface area contributed by atoms with E-state index in [-0.39, 0.29) is 12.3 Å². The van der Waals surface area contributed by atoms with E-state index in [9.17, 15) is 0 Å². The molecule has 9 aromatic rings. The molecule has 0 saturated carbocycles. The molecule has 0 fully saturated rings. The van der Waals surface area contributed by atoms with Crippen LogP contribution in [0.25, 0.3) is 64.2 Å². The van der Waals surface area contributed by atoms with E-state index in [0.717, 1.165) is 28.1 Å². The van der Waals surface area contributed by atoms with Gasteiger partial charge in [-0.15, -0.1) is 11.3 Å². The molecule has 50 heavy (non-hydrogen) atoms. The van der Waals surface area contributed by atoms with Gasteiger partial charge in [0.15, 0.2) is 0 Å². The maximum absolute atomic E-state index is 5.33. The van der Waals surface area contributed by atoms with Crippen LogP contribution >= 0.6 is 11.3 Å². The van der Waals surface area contributed by atoms with Gasteiger partial charge in [0.2, 0.25) is 5.96 Å². The lowest BCUT2D eigenvalue weighted by Crippen LogP contribution is -2.47. The van der Waals surface area contributed by atoms with Crippen LogP contribution < -0.4 is 10.6 Å². The van der Waals surface area contributed by atoms with E-state index in [1.807, 2.05) is 11.3 Å². The Bertz CT molecular complexity index is 2720. The fourth-order valence-corrected chi connectivity index (χ4v) is 8.74. The van der Waals surface area contributed by atoms with Gasteiger partial charge in [-0.1, -0.05) is 146 Å². The van der Waals surface area contributed by atoms with Gasteiger partial charge in [-0.05, 0) is 57.6 Å². The molecule has 2 unspecified atom stereocenters. The molecule has 2 aromatic heterocycles. The molecule has 0 radical (unpaired) electrons. The molecule has 1 aliphatic heterocycles. The van der Waals surface area contributed by atoms with Crippen LogP contribution in [0.5, 0.6) is 0 Å². The molecular formula is C45H32N4S. The summed E-state index contributed by atoms with van der Waals surface area (Å²) in [5.74, 6) is 0.819. The maximum atomic E-state index is 5.33. The molecule has 2 N–H and O–H groups in total. The molecule has 0 bridgehead atoms. The molecule has 0 saturated heterocycles. The number of para-hydroxylation sites is 1. The number of hydrogen-bond acceptors (Lipinski definition) is 4. The van der Waals surface area contributed by atoms with Gasteiger partial charge in [-0.25, -0.2) is 4.99 Å². The summed E-state index contributed by atoms with van der Waals surface area (Å²) in [7, 11) is 0. The predicted octanol–water partition coefficient (Wildman–Crippen LogP) is 11.3. The van der Waals surface area contributed by atoms with E-state index in [1.165, 1.54) is 53.2 Å².